The van der Waals surface area contributed by atoms with Crippen LogP contribution in [0, 0.1) is 21.7 Å². The average Bonchev–Trinajstić information content (AvgIpc) is 3.15. The lowest BCUT2D eigenvalue weighted by Gasteiger charge is -2.02. The largest absolute Gasteiger partial charge is 0.298 e. The van der Waals surface area contributed by atoms with Crippen molar-refractivity contribution >= 4 is 39.4 Å². The van der Waals surface area contributed by atoms with E-state index in [1.807, 2.05) is 0 Å². The number of amides is 1. The van der Waals surface area contributed by atoms with Crippen molar-refractivity contribution in [3.05, 3.63) is 62.3 Å². The summed E-state index contributed by atoms with van der Waals surface area (Å²) in [5.41, 5.74) is 0.120. The first-order valence-electron chi connectivity index (χ1n) is 6.39. The summed E-state index contributed by atoms with van der Waals surface area (Å²) in [6, 6.07) is 4.02. The van der Waals surface area contributed by atoms with Crippen LogP contribution in [0.1, 0.15) is 10.4 Å². The maximum Gasteiger partial charge on any atom is 0.280 e. The molecule has 0 fully saturated rings. The van der Waals surface area contributed by atoms with Gasteiger partial charge in [0.15, 0.2) is 5.13 Å². The standard InChI is InChI=1S/C14H7F2N3O3S2/c15-7-1-2-9(10(16)3-7)13(20)18-14-17-11(6-24-14)12-4-8(5-23-12)19(21)22/h1-6H,(H,17,18,20). The van der Waals surface area contributed by atoms with E-state index in [4.69, 9.17) is 0 Å². The highest BCUT2D eigenvalue weighted by Gasteiger charge is 2.16. The van der Waals surface area contributed by atoms with Crippen LogP contribution in [0.2, 0.25) is 0 Å². The molecule has 0 saturated heterocycles. The maximum absolute atomic E-state index is 13.6. The molecule has 1 aromatic carbocycles. The number of rotatable bonds is 4. The Morgan fingerprint density at radius 1 is 1.21 bits per heavy atom. The molecule has 24 heavy (non-hydrogen) atoms. The highest BCUT2D eigenvalue weighted by atomic mass is 32.1. The first kappa shape index (κ1) is 16.1. The number of aromatic nitrogens is 1. The fourth-order valence-corrected chi connectivity index (χ4v) is 3.43. The van der Waals surface area contributed by atoms with Crippen molar-refractivity contribution in [2.75, 3.05) is 5.32 Å². The van der Waals surface area contributed by atoms with Gasteiger partial charge in [0.25, 0.3) is 11.6 Å². The normalized spacial score (nSPS) is 10.6. The van der Waals surface area contributed by atoms with E-state index in [0.717, 1.165) is 34.8 Å². The lowest BCUT2D eigenvalue weighted by atomic mass is 10.2. The first-order valence-corrected chi connectivity index (χ1v) is 8.15. The zero-order chi connectivity index (χ0) is 17.3. The first-order chi connectivity index (χ1) is 11.4. The molecule has 0 atom stereocenters. The SMILES string of the molecule is O=C(Nc1nc(-c2cc([N+](=O)[O-])cs2)cs1)c1ccc(F)cc1F. The van der Waals surface area contributed by atoms with Gasteiger partial charge in [-0.15, -0.1) is 22.7 Å². The smallest absolute Gasteiger partial charge is 0.280 e. The minimum absolute atomic E-state index is 0.0398. The van der Waals surface area contributed by atoms with Crippen molar-refractivity contribution in [1.82, 2.24) is 4.98 Å². The Morgan fingerprint density at radius 3 is 2.67 bits per heavy atom. The minimum Gasteiger partial charge on any atom is -0.298 e. The van der Waals surface area contributed by atoms with E-state index < -0.39 is 22.5 Å². The van der Waals surface area contributed by atoms with Gasteiger partial charge < -0.3 is 0 Å². The summed E-state index contributed by atoms with van der Waals surface area (Å²) < 4.78 is 26.4. The van der Waals surface area contributed by atoms with Gasteiger partial charge in [0.2, 0.25) is 0 Å². The predicted molar refractivity (Wildman–Crippen MR) is 86.4 cm³/mol. The number of carbonyl (C=O) groups is 1. The third-order valence-electron chi connectivity index (χ3n) is 2.95. The van der Waals surface area contributed by atoms with Gasteiger partial charge in [-0.3, -0.25) is 20.2 Å². The van der Waals surface area contributed by atoms with E-state index in [2.05, 4.69) is 10.3 Å². The summed E-state index contributed by atoms with van der Waals surface area (Å²) >= 11 is 2.24. The number of hydrogen-bond acceptors (Lipinski definition) is 6. The van der Waals surface area contributed by atoms with E-state index in [0.29, 0.717) is 16.6 Å². The van der Waals surface area contributed by atoms with Crippen LogP contribution in [0.4, 0.5) is 19.6 Å². The molecule has 122 valence electrons. The summed E-state index contributed by atoms with van der Waals surface area (Å²) in [5, 5.41) is 16.3. The Morgan fingerprint density at radius 2 is 2.00 bits per heavy atom. The molecule has 2 aromatic heterocycles. The van der Waals surface area contributed by atoms with E-state index in [1.165, 1.54) is 11.4 Å². The number of nitrogens with one attached hydrogen (secondary N) is 1. The molecule has 3 aromatic rings. The number of anilines is 1. The van der Waals surface area contributed by atoms with E-state index in [1.54, 1.807) is 5.38 Å². The molecule has 0 saturated carbocycles. The molecule has 1 amide bonds. The summed E-state index contributed by atoms with van der Waals surface area (Å²) in [6.07, 6.45) is 0. The van der Waals surface area contributed by atoms with Gasteiger partial charge in [0.1, 0.15) is 11.6 Å². The minimum atomic E-state index is -0.974. The number of carbonyl (C=O) groups excluding carboxylic acids is 1. The lowest BCUT2D eigenvalue weighted by molar-refractivity contribution is -0.384. The van der Waals surface area contributed by atoms with Crippen molar-refractivity contribution in [3.63, 3.8) is 0 Å². The number of benzene rings is 1. The van der Waals surface area contributed by atoms with Gasteiger partial charge in [-0.25, -0.2) is 13.8 Å². The van der Waals surface area contributed by atoms with Crippen LogP contribution < -0.4 is 5.32 Å². The molecule has 0 bridgehead atoms. The molecule has 0 spiro atoms. The Labute approximate surface area is 141 Å². The second-order valence-electron chi connectivity index (χ2n) is 4.54. The van der Waals surface area contributed by atoms with Crippen molar-refractivity contribution in [3.8, 4) is 10.6 Å². The van der Waals surface area contributed by atoms with Crippen LogP contribution >= 0.6 is 22.7 Å². The number of thiazole rings is 1. The highest BCUT2D eigenvalue weighted by molar-refractivity contribution is 7.16. The van der Waals surface area contributed by atoms with Crippen LogP contribution in [0.25, 0.3) is 10.6 Å². The fourth-order valence-electron chi connectivity index (χ4n) is 1.84. The van der Waals surface area contributed by atoms with Gasteiger partial charge in [0.05, 0.1) is 26.4 Å². The van der Waals surface area contributed by atoms with Crippen LogP contribution in [-0.2, 0) is 0 Å². The molecule has 0 aliphatic rings. The molecule has 2 heterocycles. The van der Waals surface area contributed by atoms with Gasteiger partial charge in [-0.2, -0.15) is 0 Å². The molecular weight excluding hydrogens is 360 g/mol. The molecule has 0 unspecified atom stereocenters. The zero-order valence-electron chi connectivity index (χ0n) is 11.7. The second kappa shape index (κ2) is 6.42. The fraction of sp³-hybridized carbons (Fsp3) is 0. The van der Waals surface area contributed by atoms with Crippen LogP contribution in [0.5, 0.6) is 0 Å². The number of hydrogen-bond donors (Lipinski definition) is 1. The summed E-state index contributed by atoms with van der Waals surface area (Å²) in [6.45, 7) is 0. The third-order valence-corrected chi connectivity index (χ3v) is 4.65. The number of thiophene rings is 1. The molecular formula is C14H7F2N3O3S2. The zero-order valence-corrected chi connectivity index (χ0v) is 13.3. The Hall–Kier alpha value is -2.72. The molecule has 6 nitrogen and oxygen atoms in total. The van der Waals surface area contributed by atoms with Crippen LogP contribution in [-0.4, -0.2) is 15.8 Å². The van der Waals surface area contributed by atoms with Gasteiger partial charge in [-0.1, -0.05) is 0 Å². The van der Waals surface area contributed by atoms with Crippen molar-refractivity contribution in [2.45, 2.75) is 0 Å². The van der Waals surface area contributed by atoms with Crippen LogP contribution in [0.15, 0.2) is 35.0 Å². The summed E-state index contributed by atoms with van der Waals surface area (Å²) in [4.78, 5) is 26.9. The summed E-state index contributed by atoms with van der Waals surface area (Å²) in [7, 11) is 0. The van der Waals surface area contributed by atoms with E-state index >= 15 is 0 Å². The average molecular weight is 367 g/mol. The molecule has 1 N–H and O–H groups in total. The number of nitrogens with zero attached hydrogens (tertiary/aromatic N) is 2. The highest BCUT2D eigenvalue weighted by Crippen LogP contribution is 2.33. The van der Waals surface area contributed by atoms with Gasteiger partial charge in [0, 0.05) is 17.5 Å². The predicted octanol–water partition coefficient (Wildman–Crippen LogP) is 4.31. The summed E-state index contributed by atoms with van der Waals surface area (Å²) in [5.74, 6) is -2.51. The lowest BCUT2D eigenvalue weighted by Crippen LogP contribution is -2.13. The van der Waals surface area contributed by atoms with Crippen molar-refractivity contribution < 1.29 is 18.5 Å². The van der Waals surface area contributed by atoms with E-state index in [9.17, 15) is 23.7 Å². The Bertz CT molecular complexity index is 939. The quantitative estimate of drug-likeness (QED) is 0.550. The topological polar surface area (TPSA) is 85.1 Å². The monoisotopic (exact) mass is 367 g/mol. The molecule has 0 aliphatic carbocycles. The molecule has 3 rings (SSSR count). The van der Waals surface area contributed by atoms with Gasteiger partial charge >= 0.3 is 0 Å². The van der Waals surface area contributed by atoms with Crippen molar-refractivity contribution in [2.24, 2.45) is 0 Å². The third kappa shape index (κ3) is 3.29. The second-order valence-corrected chi connectivity index (χ2v) is 6.31. The molecule has 10 heteroatoms. The maximum atomic E-state index is 13.6. The Kier molecular flexibility index (Phi) is 4.32. The van der Waals surface area contributed by atoms with Crippen LogP contribution in [0.3, 0.4) is 0 Å². The van der Waals surface area contributed by atoms with Crippen molar-refractivity contribution in [1.29, 1.82) is 0 Å². The Balaban J connectivity index is 1.78. The number of nitro groups is 1. The van der Waals surface area contributed by atoms with E-state index in [-0.39, 0.29) is 16.4 Å². The molecule has 0 radical (unpaired) electrons. The number of halogens is 2. The van der Waals surface area contributed by atoms with Gasteiger partial charge in [-0.05, 0) is 12.1 Å². The molecule has 0 aliphatic heterocycles.